The average Bonchev–Trinajstić information content (AvgIpc) is 2.19. The van der Waals surface area contributed by atoms with Crippen LogP contribution in [0.2, 0.25) is 58.9 Å². The summed E-state index contributed by atoms with van der Waals surface area (Å²) in [5.41, 5.74) is 0. The topological polar surface area (TPSA) is 13.0 Å². The van der Waals surface area contributed by atoms with Gasteiger partial charge in [0.05, 0.1) is 8.37 Å². The predicted molar refractivity (Wildman–Crippen MR) is 114 cm³/mol. The van der Waals surface area contributed by atoms with Crippen molar-refractivity contribution in [3.05, 3.63) is 0 Å². The van der Waals surface area contributed by atoms with Gasteiger partial charge in [-0.1, -0.05) is 58.9 Å². The molecule has 3 aliphatic rings. The Labute approximate surface area is 149 Å². The van der Waals surface area contributed by atoms with Gasteiger partial charge in [0.15, 0.2) is 0 Å². The standard InChI is InChI=1S/C15H39N4PSi3/c1-21(2,3)17-13-10-16-11-14-18(22(4,5)6)20(17)19(15-12-16)23(7,8)9/h10-15H2,1-9H3. The monoisotopic (exact) mass is 390 g/mol. The van der Waals surface area contributed by atoms with E-state index in [-0.39, 0.29) is 8.37 Å². The first-order valence-electron chi connectivity index (χ1n) is 9.17. The first-order valence-corrected chi connectivity index (χ1v) is 20.7. The SMILES string of the molecule is C[Si](C)(C)N1CCN2CCN([Si](C)(C)C)P1N([Si](C)(C)C)CC2. The van der Waals surface area contributed by atoms with Gasteiger partial charge in [0, 0.05) is 39.3 Å². The molecule has 0 saturated carbocycles. The van der Waals surface area contributed by atoms with Gasteiger partial charge in [-0.15, -0.1) is 0 Å². The molecule has 0 amide bonds. The van der Waals surface area contributed by atoms with Crippen LogP contribution in [0.1, 0.15) is 0 Å². The molecule has 3 saturated heterocycles. The third-order valence-corrected chi connectivity index (χ3v) is 19.1. The molecule has 0 radical (unpaired) electrons. The lowest BCUT2D eigenvalue weighted by molar-refractivity contribution is 0.221. The Kier molecular flexibility index (Phi) is 6.08. The van der Waals surface area contributed by atoms with Gasteiger partial charge in [0.2, 0.25) is 0 Å². The highest BCUT2D eigenvalue weighted by molar-refractivity contribution is 7.57. The molecule has 3 rings (SSSR count). The maximum absolute atomic E-state index is 3.00. The highest BCUT2D eigenvalue weighted by Crippen LogP contribution is 2.55. The second kappa shape index (κ2) is 6.91. The number of rotatable bonds is 3. The third kappa shape index (κ3) is 4.76. The molecule has 3 fully saturated rings. The molecular formula is C15H39N4PSi3. The van der Waals surface area contributed by atoms with Crippen molar-refractivity contribution >= 4 is 33.1 Å². The first kappa shape index (κ1) is 20.2. The fourth-order valence-electron chi connectivity index (χ4n) is 3.51. The molecule has 0 aliphatic carbocycles. The summed E-state index contributed by atoms with van der Waals surface area (Å²) in [7, 11) is -4.28. The van der Waals surface area contributed by atoms with Crippen molar-refractivity contribution < 1.29 is 0 Å². The molecule has 0 aromatic heterocycles. The first-order chi connectivity index (χ1) is 10.3. The van der Waals surface area contributed by atoms with E-state index in [0.29, 0.717) is 0 Å². The molecule has 3 aliphatic heterocycles. The van der Waals surface area contributed by atoms with Gasteiger partial charge in [-0.05, 0) is 0 Å². The zero-order valence-corrected chi connectivity index (χ0v) is 20.9. The second-order valence-corrected chi connectivity index (χ2v) is 27.8. The summed E-state index contributed by atoms with van der Waals surface area (Å²) in [4.78, 5) is 2.74. The second-order valence-electron chi connectivity index (χ2n) is 9.99. The minimum Gasteiger partial charge on any atom is -0.300 e. The van der Waals surface area contributed by atoms with Gasteiger partial charge >= 0.3 is 0 Å². The molecule has 0 spiro atoms. The van der Waals surface area contributed by atoms with E-state index in [4.69, 9.17) is 0 Å². The molecule has 0 atom stereocenters. The van der Waals surface area contributed by atoms with E-state index in [1.165, 1.54) is 39.3 Å². The summed E-state index contributed by atoms with van der Waals surface area (Å²) < 4.78 is 9.01. The molecular weight excluding hydrogens is 351 g/mol. The Balaban J connectivity index is 2.53. The number of nitrogens with zero attached hydrogens (tertiary/aromatic N) is 4. The largest absolute Gasteiger partial charge is 0.300 e. The Morgan fingerprint density at radius 3 is 0.957 bits per heavy atom. The molecule has 0 aromatic carbocycles. The van der Waals surface area contributed by atoms with Gasteiger partial charge in [-0.25, -0.2) is 0 Å². The van der Waals surface area contributed by atoms with Crippen LogP contribution in [-0.4, -0.2) is 81.9 Å². The van der Waals surface area contributed by atoms with Crippen molar-refractivity contribution in [1.29, 1.82) is 0 Å². The van der Waals surface area contributed by atoms with Crippen LogP contribution >= 0.6 is 8.37 Å². The molecule has 2 bridgehead atoms. The molecule has 0 aromatic rings. The molecule has 8 heteroatoms. The summed E-state index contributed by atoms with van der Waals surface area (Å²) in [6.07, 6.45) is 0. The van der Waals surface area contributed by atoms with Crippen molar-refractivity contribution in [2.24, 2.45) is 0 Å². The molecule has 4 nitrogen and oxygen atoms in total. The van der Waals surface area contributed by atoms with Crippen LogP contribution in [0.15, 0.2) is 0 Å². The van der Waals surface area contributed by atoms with Gasteiger partial charge < -0.3 is 0 Å². The van der Waals surface area contributed by atoms with E-state index in [1.54, 1.807) is 0 Å². The van der Waals surface area contributed by atoms with E-state index < -0.39 is 24.7 Å². The van der Waals surface area contributed by atoms with Crippen LogP contribution in [0.5, 0.6) is 0 Å². The van der Waals surface area contributed by atoms with Crippen molar-refractivity contribution in [2.45, 2.75) is 58.9 Å². The lowest BCUT2D eigenvalue weighted by Crippen LogP contribution is -2.64. The van der Waals surface area contributed by atoms with Crippen LogP contribution in [0, 0.1) is 0 Å². The fourth-order valence-corrected chi connectivity index (χ4v) is 16.6. The lowest BCUT2D eigenvalue weighted by Gasteiger charge is -2.59. The van der Waals surface area contributed by atoms with Crippen molar-refractivity contribution in [2.75, 3.05) is 39.3 Å². The lowest BCUT2D eigenvalue weighted by atomic mass is 10.4. The predicted octanol–water partition coefficient (Wildman–Crippen LogP) is 3.95. The molecule has 136 valence electrons. The Morgan fingerprint density at radius 1 is 0.478 bits per heavy atom. The summed E-state index contributed by atoms with van der Waals surface area (Å²) in [5, 5.41) is 0. The molecule has 0 N–H and O–H groups in total. The summed E-state index contributed by atoms with van der Waals surface area (Å²) in [6, 6.07) is 0. The van der Waals surface area contributed by atoms with E-state index in [2.05, 4.69) is 76.8 Å². The Hall–Kier alpha value is 0.921. The Morgan fingerprint density at radius 2 is 0.739 bits per heavy atom. The number of hydrogen-bond acceptors (Lipinski definition) is 4. The minimum absolute atomic E-state index is 0.274. The summed E-state index contributed by atoms with van der Waals surface area (Å²) >= 11 is 0. The van der Waals surface area contributed by atoms with Gasteiger partial charge in [0.1, 0.15) is 24.7 Å². The number of hydrogen-bond donors (Lipinski definition) is 0. The van der Waals surface area contributed by atoms with E-state index >= 15 is 0 Å². The fraction of sp³-hybridized carbons (Fsp3) is 1.00. The van der Waals surface area contributed by atoms with E-state index in [0.717, 1.165) is 0 Å². The molecule has 23 heavy (non-hydrogen) atoms. The highest BCUT2D eigenvalue weighted by atomic mass is 31.2. The maximum Gasteiger partial charge on any atom is 0.126 e. The molecule has 0 unspecified atom stereocenters. The quantitative estimate of drug-likeness (QED) is 0.534. The van der Waals surface area contributed by atoms with Gasteiger partial charge in [-0.2, -0.15) is 0 Å². The maximum atomic E-state index is 3.00. The van der Waals surface area contributed by atoms with E-state index in [9.17, 15) is 0 Å². The van der Waals surface area contributed by atoms with Crippen LogP contribution < -0.4 is 0 Å². The number of fused-ring (bicyclic) bond motifs is 6. The highest BCUT2D eigenvalue weighted by Gasteiger charge is 2.47. The molecule has 3 heterocycles. The van der Waals surface area contributed by atoms with Crippen LogP contribution in [0.4, 0.5) is 0 Å². The van der Waals surface area contributed by atoms with Crippen molar-refractivity contribution in [3.8, 4) is 0 Å². The normalized spacial score (nSPS) is 30.1. The van der Waals surface area contributed by atoms with E-state index in [1.807, 2.05) is 0 Å². The van der Waals surface area contributed by atoms with Crippen LogP contribution in [0.3, 0.4) is 0 Å². The van der Waals surface area contributed by atoms with Crippen LogP contribution in [0.25, 0.3) is 0 Å². The third-order valence-electron chi connectivity index (χ3n) is 4.85. The van der Waals surface area contributed by atoms with Crippen molar-refractivity contribution in [3.63, 3.8) is 0 Å². The average molecular weight is 391 g/mol. The smallest absolute Gasteiger partial charge is 0.126 e. The zero-order chi connectivity index (χ0) is 17.6. The zero-order valence-electron chi connectivity index (χ0n) is 17.0. The summed E-state index contributed by atoms with van der Waals surface area (Å²) in [5.74, 6) is 0. The van der Waals surface area contributed by atoms with Gasteiger partial charge in [-0.3, -0.25) is 17.9 Å². The van der Waals surface area contributed by atoms with Gasteiger partial charge in [0.25, 0.3) is 0 Å². The Bertz CT molecular complexity index is 355. The summed E-state index contributed by atoms with van der Waals surface area (Å²) in [6.45, 7) is 30.7. The minimum atomic E-state index is -1.34. The van der Waals surface area contributed by atoms with Crippen molar-refractivity contribution in [1.82, 2.24) is 17.9 Å². The van der Waals surface area contributed by atoms with Crippen LogP contribution in [-0.2, 0) is 0 Å².